The summed E-state index contributed by atoms with van der Waals surface area (Å²) in [6.45, 7) is 3.41. The quantitative estimate of drug-likeness (QED) is 0.788. The van der Waals surface area contributed by atoms with Crippen molar-refractivity contribution in [2.45, 2.75) is 25.8 Å². The Morgan fingerprint density at radius 2 is 1.90 bits per heavy atom. The van der Waals surface area contributed by atoms with Crippen molar-refractivity contribution in [1.82, 2.24) is 0 Å². The van der Waals surface area contributed by atoms with E-state index in [0.29, 0.717) is 6.61 Å². The highest BCUT2D eigenvalue weighted by atomic mass is 16.5. The summed E-state index contributed by atoms with van der Waals surface area (Å²) in [5.41, 5.74) is 7.19. The Bertz CT molecular complexity index is 552. The zero-order chi connectivity index (χ0) is 14.4. The van der Waals surface area contributed by atoms with Gasteiger partial charge < -0.3 is 15.2 Å². The van der Waals surface area contributed by atoms with Gasteiger partial charge in [0.15, 0.2) is 0 Å². The smallest absolute Gasteiger partial charge is 0.123 e. The Labute approximate surface area is 120 Å². The maximum absolute atomic E-state index is 5.99. The summed E-state index contributed by atoms with van der Waals surface area (Å²) in [4.78, 5) is 0. The molecule has 0 heterocycles. The number of nitrogens with two attached hydrogens (primary N) is 1. The molecule has 0 bridgehead atoms. The molecule has 0 aliphatic heterocycles. The third kappa shape index (κ3) is 3.71. The van der Waals surface area contributed by atoms with Gasteiger partial charge in [0, 0.05) is 31.7 Å². The lowest BCUT2D eigenvalue weighted by Crippen LogP contribution is -2.18. The van der Waals surface area contributed by atoms with Crippen molar-refractivity contribution < 1.29 is 9.47 Å². The van der Waals surface area contributed by atoms with Gasteiger partial charge in [-0.15, -0.1) is 0 Å². The van der Waals surface area contributed by atoms with Crippen LogP contribution in [0, 0.1) is 0 Å². The summed E-state index contributed by atoms with van der Waals surface area (Å²) in [5, 5.41) is 2.46. The summed E-state index contributed by atoms with van der Waals surface area (Å²) < 4.78 is 11.0. The molecule has 0 amide bonds. The molecule has 0 saturated heterocycles. The molecule has 2 rings (SSSR count). The number of hydrogen-bond acceptors (Lipinski definition) is 3. The van der Waals surface area contributed by atoms with Gasteiger partial charge in [0.25, 0.3) is 0 Å². The van der Waals surface area contributed by atoms with Crippen LogP contribution in [-0.2, 0) is 11.2 Å². The third-order valence-corrected chi connectivity index (χ3v) is 3.27. The number of ether oxygens (including phenoxy) is 2. The molecule has 0 aliphatic carbocycles. The first-order valence-corrected chi connectivity index (χ1v) is 7.10. The van der Waals surface area contributed by atoms with Crippen molar-refractivity contribution in [3.05, 3.63) is 42.0 Å². The maximum atomic E-state index is 5.99. The first kappa shape index (κ1) is 14.8. The molecule has 0 radical (unpaired) electrons. The number of hydrogen-bond donors (Lipinski definition) is 1. The molecule has 0 spiro atoms. The van der Waals surface area contributed by atoms with Crippen LogP contribution in [0.25, 0.3) is 10.8 Å². The number of benzene rings is 2. The first-order chi connectivity index (χ1) is 9.72. The zero-order valence-electron chi connectivity index (χ0n) is 12.3. The summed E-state index contributed by atoms with van der Waals surface area (Å²) in [6, 6.07) is 12.6. The lowest BCUT2D eigenvalue weighted by molar-refractivity contribution is 0.172. The van der Waals surface area contributed by atoms with Crippen LogP contribution in [0.2, 0.25) is 0 Å². The highest BCUT2D eigenvalue weighted by Gasteiger charge is 2.10. The fourth-order valence-corrected chi connectivity index (χ4v) is 2.37. The van der Waals surface area contributed by atoms with Gasteiger partial charge in [-0.2, -0.15) is 0 Å². The lowest BCUT2D eigenvalue weighted by Gasteiger charge is -2.16. The van der Waals surface area contributed by atoms with Crippen molar-refractivity contribution in [3.8, 4) is 5.75 Å². The topological polar surface area (TPSA) is 44.5 Å². The molecule has 1 unspecified atom stereocenters. The lowest BCUT2D eigenvalue weighted by atomic mass is 9.98. The van der Waals surface area contributed by atoms with Gasteiger partial charge >= 0.3 is 0 Å². The van der Waals surface area contributed by atoms with Crippen molar-refractivity contribution in [1.29, 1.82) is 0 Å². The average Bonchev–Trinajstić information content (AvgIpc) is 2.45. The second-order valence-corrected chi connectivity index (χ2v) is 5.14. The van der Waals surface area contributed by atoms with Crippen molar-refractivity contribution in [3.63, 3.8) is 0 Å². The number of fused-ring (bicyclic) bond motifs is 1. The highest BCUT2D eigenvalue weighted by molar-refractivity contribution is 5.87. The molecular weight excluding hydrogens is 250 g/mol. The predicted molar refractivity (Wildman–Crippen MR) is 83.3 cm³/mol. The Hall–Kier alpha value is -1.58. The van der Waals surface area contributed by atoms with Crippen molar-refractivity contribution in [2.24, 2.45) is 5.73 Å². The van der Waals surface area contributed by atoms with E-state index in [1.165, 1.54) is 16.3 Å². The van der Waals surface area contributed by atoms with E-state index in [4.69, 9.17) is 15.2 Å². The van der Waals surface area contributed by atoms with Crippen LogP contribution in [-0.4, -0.2) is 26.4 Å². The van der Waals surface area contributed by atoms with Crippen LogP contribution in [0.5, 0.6) is 5.75 Å². The largest absolute Gasteiger partial charge is 0.493 e. The molecule has 0 aliphatic rings. The monoisotopic (exact) mass is 273 g/mol. The fourth-order valence-electron chi connectivity index (χ4n) is 2.37. The van der Waals surface area contributed by atoms with Crippen molar-refractivity contribution >= 4 is 10.8 Å². The Morgan fingerprint density at radius 3 is 2.65 bits per heavy atom. The van der Waals surface area contributed by atoms with Crippen LogP contribution in [0.4, 0.5) is 0 Å². The summed E-state index contributed by atoms with van der Waals surface area (Å²) in [5.74, 6) is 0.942. The number of rotatable bonds is 7. The molecule has 108 valence electrons. The normalized spacial score (nSPS) is 12.6. The van der Waals surface area contributed by atoms with E-state index in [2.05, 4.69) is 30.3 Å². The van der Waals surface area contributed by atoms with E-state index in [0.717, 1.165) is 25.2 Å². The van der Waals surface area contributed by atoms with E-state index in [1.807, 2.05) is 13.0 Å². The van der Waals surface area contributed by atoms with Gasteiger partial charge in [-0.25, -0.2) is 0 Å². The van der Waals surface area contributed by atoms with E-state index in [1.54, 1.807) is 7.11 Å². The minimum Gasteiger partial charge on any atom is -0.493 e. The molecule has 3 nitrogen and oxygen atoms in total. The number of methoxy groups -OCH3 is 1. The van der Waals surface area contributed by atoms with Crippen LogP contribution >= 0.6 is 0 Å². The molecule has 0 fully saturated rings. The van der Waals surface area contributed by atoms with Gasteiger partial charge in [0.05, 0.1) is 6.61 Å². The van der Waals surface area contributed by atoms with E-state index in [-0.39, 0.29) is 6.04 Å². The molecular formula is C17H23NO2. The van der Waals surface area contributed by atoms with Gasteiger partial charge in [-0.1, -0.05) is 30.3 Å². The fraction of sp³-hybridized carbons (Fsp3) is 0.412. The van der Waals surface area contributed by atoms with Gasteiger partial charge in [-0.05, 0) is 30.2 Å². The van der Waals surface area contributed by atoms with Gasteiger partial charge in [0.2, 0.25) is 0 Å². The predicted octanol–water partition coefficient (Wildman–Crippen LogP) is 3.14. The zero-order valence-corrected chi connectivity index (χ0v) is 12.3. The molecule has 0 saturated carbocycles. The van der Waals surface area contributed by atoms with Crippen LogP contribution in [0.3, 0.4) is 0 Å². The Balaban J connectivity index is 2.27. The molecule has 2 N–H and O–H groups in total. The summed E-state index contributed by atoms with van der Waals surface area (Å²) in [7, 11) is 1.71. The van der Waals surface area contributed by atoms with Crippen LogP contribution in [0.15, 0.2) is 36.4 Å². The Morgan fingerprint density at radius 1 is 1.10 bits per heavy atom. The maximum Gasteiger partial charge on any atom is 0.123 e. The second-order valence-electron chi connectivity index (χ2n) is 5.14. The molecule has 3 heteroatoms. The minimum atomic E-state index is 0.113. The van der Waals surface area contributed by atoms with E-state index >= 15 is 0 Å². The molecule has 2 aromatic carbocycles. The molecule has 20 heavy (non-hydrogen) atoms. The van der Waals surface area contributed by atoms with Crippen molar-refractivity contribution in [2.75, 3.05) is 20.3 Å². The van der Waals surface area contributed by atoms with Gasteiger partial charge in [-0.3, -0.25) is 0 Å². The SMILES string of the molecule is COCCCOc1ccc2ccccc2c1CC(C)N. The van der Waals surface area contributed by atoms with Crippen LogP contribution < -0.4 is 10.5 Å². The molecule has 0 aromatic heterocycles. The molecule has 2 aromatic rings. The van der Waals surface area contributed by atoms with E-state index in [9.17, 15) is 0 Å². The standard InChI is InChI=1S/C17H23NO2/c1-13(18)12-16-15-7-4-3-6-14(15)8-9-17(16)20-11-5-10-19-2/h3-4,6-9,13H,5,10-12,18H2,1-2H3. The Kier molecular flexibility index (Phi) is 5.39. The van der Waals surface area contributed by atoms with Gasteiger partial charge in [0.1, 0.15) is 5.75 Å². The average molecular weight is 273 g/mol. The minimum absolute atomic E-state index is 0.113. The van der Waals surface area contributed by atoms with E-state index < -0.39 is 0 Å². The second kappa shape index (κ2) is 7.27. The highest BCUT2D eigenvalue weighted by Crippen LogP contribution is 2.29. The first-order valence-electron chi connectivity index (χ1n) is 7.10. The molecule has 1 atom stereocenters. The third-order valence-electron chi connectivity index (χ3n) is 3.27. The summed E-state index contributed by atoms with van der Waals surface area (Å²) in [6.07, 6.45) is 1.71. The van der Waals surface area contributed by atoms with Crippen LogP contribution in [0.1, 0.15) is 18.9 Å². The summed E-state index contributed by atoms with van der Waals surface area (Å²) >= 11 is 0.